The Morgan fingerprint density at radius 3 is 2.62 bits per heavy atom. The molecule has 7 heteroatoms. The first-order valence-corrected chi connectivity index (χ1v) is 10.7. The number of nitrogens with zero attached hydrogens (tertiary/aromatic N) is 4. The summed E-state index contributed by atoms with van der Waals surface area (Å²) in [5.41, 5.74) is 2.81. The van der Waals surface area contributed by atoms with Gasteiger partial charge in [0.1, 0.15) is 0 Å². The minimum Gasteiger partial charge on any atom is -0.465 e. The summed E-state index contributed by atoms with van der Waals surface area (Å²) in [6.07, 6.45) is 1.34. The molecule has 5 rings (SSSR count). The number of carboxylic acid groups (broad SMARTS) is 1. The maximum atomic E-state index is 11.6. The van der Waals surface area contributed by atoms with Crippen molar-refractivity contribution in [3.8, 4) is 5.69 Å². The Labute approximate surface area is 185 Å². The zero-order valence-electron chi connectivity index (χ0n) is 17.5. The van der Waals surface area contributed by atoms with E-state index in [-0.39, 0.29) is 12.0 Å². The highest BCUT2D eigenvalue weighted by Crippen LogP contribution is 2.30. The van der Waals surface area contributed by atoms with Gasteiger partial charge in [-0.1, -0.05) is 59.8 Å². The Bertz CT molecular complexity index is 1220. The van der Waals surface area contributed by atoms with Crippen molar-refractivity contribution in [2.75, 3.05) is 13.1 Å². The summed E-state index contributed by atoms with van der Waals surface area (Å²) in [4.78, 5) is 13.0. The lowest BCUT2D eigenvalue weighted by Crippen LogP contribution is -2.46. The number of ether oxygens (including phenoxy) is 1. The van der Waals surface area contributed by atoms with E-state index in [1.165, 1.54) is 10.3 Å². The average molecular weight is 428 g/mol. The van der Waals surface area contributed by atoms with Gasteiger partial charge in [0, 0.05) is 12.5 Å². The van der Waals surface area contributed by atoms with Crippen molar-refractivity contribution < 1.29 is 14.6 Å². The van der Waals surface area contributed by atoms with Crippen LogP contribution in [0.25, 0.3) is 16.5 Å². The molecule has 1 fully saturated rings. The standard InChI is InChI=1S/C25H24N4O3/c30-25(31)28-13-12-22(23-15-29(27-26-23)21-8-2-1-3-9-21)24(16-28)32-17-18-10-11-19-6-4-5-7-20(19)14-18/h1-11,14-15,22,24H,12-13,16-17H2,(H,30,31). The van der Waals surface area contributed by atoms with Crippen LogP contribution in [0.4, 0.5) is 4.79 Å². The molecular formula is C25H24N4O3. The monoisotopic (exact) mass is 428 g/mol. The van der Waals surface area contributed by atoms with Crippen LogP contribution in [0.3, 0.4) is 0 Å². The van der Waals surface area contributed by atoms with Gasteiger partial charge in [-0.3, -0.25) is 0 Å². The van der Waals surface area contributed by atoms with E-state index >= 15 is 0 Å². The van der Waals surface area contributed by atoms with Gasteiger partial charge in [0.05, 0.1) is 36.8 Å². The number of para-hydroxylation sites is 1. The van der Waals surface area contributed by atoms with E-state index < -0.39 is 6.09 Å². The molecule has 3 aromatic carbocycles. The molecule has 1 aliphatic rings. The molecule has 1 N–H and O–H groups in total. The number of carbonyl (C=O) groups is 1. The van der Waals surface area contributed by atoms with Gasteiger partial charge >= 0.3 is 6.09 Å². The Morgan fingerprint density at radius 2 is 1.81 bits per heavy atom. The first-order valence-electron chi connectivity index (χ1n) is 10.7. The van der Waals surface area contributed by atoms with E-state index in [1.54, 1.807) is 4.68 Å². The van der Waals surface area contributed by atoms with Crippen LogP contribution in [-0.2, 0) is 11.3 Å². The zero-order valence-corrected chi connectivity index (χ0v) is 17.5. The smallest absolute Gasteiger partial charge is 0.407 e. The normalized spacial score (nSPS) is 18.7. The first kappa shape index (κ1) is 20.2. The largest absolute Gasteiger partial charge is 0.465 e. The van der Waals surface area contributed by atoms with Crippen molar-refractivity contribution in [1.82, 2.24) is 19.9 Å². The fraction of sp³-hybridized carbons (Fsp3) is 0.240. The molecule has 0 saturated carbocycles. The molecule has 2 unspecified atom stereocenters. The van der Waals surface area contributed by atoms with Crippen molar-refractivity contribution in [1.29, 1.82) is 0 Å². The summed E-state index contributed by atoms with van der Waals surface area (Å²) < 4.78 is 8.05. The van der Waals surface area contributed by atoms with Gasteiger partial charge in [0.15, 0.2) is 0 Å². The number of amides is 1. The second-order valence-electron chi connectivity index (χ2n) is 8.08. The lowest BCUT2D eigenvalue weighted by molar-refractivity contribution is -0.0207. The minimum absolute atomic E-state index is 0.0245. The Balaban J connectivity index is 1.36. The number of aromatic nitrogens is 3. The third-order valence-corrected chi connectivity index (χ3v) is 6.02. The van der Waals surface area contributed by atoms with Crippen molar-refractivity contribution in [2.45, 2.75) is 25.0 Å². The summed E-state index contributed by atoms with van der Waals surface area (Å²) in [5.74, 6) is -0.0245. The molecule has 0 radical (unpaired) electrons. The highest BCUT2D eigenvalue weighted by Gasteiger charge is 2.35. The SMILES string of the molecule is O=C(O)N1CCC(c2cn(-c3ccccc3)nn2)C(OCc2ccc3ccccc3c2)C1. The number of rotatable bonds is 5. The van der Waals surface area contributed by atoms with Gasteiger partial charge in [0.25, 0.3) is 0 Å². The van der Waals surface area contributed by atoms with E-state index in [4.69, 9.17) is 4.74 Å². The number of likely N-dealkylation sites (tertiary alicyclic amines) is 1. The summed E-state index contributed by atoms with van der Waals surface area (Å²) >= 11 is 0. The molecule has 7 nitrogen and oxygen atoms in total. The Morgan fingerprint density at radius 1 is 1.03 bits per heavy atom. The highest BCUT2D eigenvalue weighted by molar-refractivity contribution is 5.82. The average Bonchev–Trinajstić information content (AvgIpc) is 3.33. The van der Waals surface area contributed by atoms with Crippen LogP contribution in [0.1, 0.15) is 23.6 Å². The van der Waals surface area contributed by atoms with Crippen LogP contribution in [-0.4, -0.2) is 50.3 Å². The maximum Gasteiger partial charge on any atom is 0.407 e. The summed E-state index contributed by atoms with van der Waals surface area (Å²) in [7, 11) is 0. The molecule has 4 aromatic rings. The van der Waals surface area contributed by atoms with Gasteiger partial charge in [-0.2, -0.15) is 0 Å². The molecular weight excluding hydrogens is 404 g/mol. The fourth-order valence-corrected chi connectivity index (χ4v) is 4.28. The van der Waals surface area contributed by atoms with Crippen molar-refractivity contribution in [3.05, 3.63) is 90.3 Å². The van der Waals surface area contributed by atoms with Crippen LogP contribution < -0.4 is 0 Å². The van der Waals surface area contributed by atoms with Gasteiger partial charge in [-0.05, 0) is 41.0 Å². The molecule has 0 spiro atoms. The van der Waals surface area contributed by atoms with Crippen LogP contribution in [0, 0.1) is 0 Å². The molecule has 1 amide bonds. The number of fused-ring (bicyclic) bond motifs is 1. The fourth-order valence-electron chi connectivity index (χ4n) is 4.28. The molecule has 1 aliphatic heterocycles. The predicted molar refractivity (Wildman–Crippen MR) is 121 cm³/mol. The van der Waals surface area contributed by atoms with E-state index in [9.17, 15) is 9.90 Å². The van der Waals surface area contributed by atoms with Crippen molar-refractivity contribution in [2.24, 2.45) is 0 Å². The van der Waals surface area contributed by atoms with Gasteiger partial charge < -0.3 is 14.7 Å². The first-order chi connectivity index (χ1) is 15.7. The molecule has 32 heavy (non-hydrogen) atoms. The van der Waals surface area contributed by atoms with E-state index in [0.29, 0.717) is 26.1 Å². The molecule has 1 saturated heterocycles. The van der Waals surface area contributed by atoms with E-state index in [0.717, 1.165) is 22.3 Å². The zero-order chi connectivity index (χ0) is 21.9. The number of piperidine rings is 1. The molecule has 0 bridgehead atoms. The maximum absolute atomic E-state index is 11.6. The highest BCUT2D eigenvalue weighted by atomic mass is 16.5. The van der Waals surface area contributed by atoms with Crippen LogP contribution in [0.15, 0.2) is 79.0 Å². The van der Waals surface area contributed by atoms with Crippen molar-refractivity contribution in [3.63, 3.8) is 0 Å². The molecule has 1 aromatic heterocycles. The van der Waals surface area contributed by atoms with Gasteiger partial charge in [-0.15, -0.1) is 5.10 Å². The number of benzene rings is 3. The molecule has 162 valence electrons. The lowest BCUT2D eigenvalue weighted by atomic mass is 9.91. The number of hydrogen-bond acceptors (Lipinski definition) is 4. The van der Waals surface area contributed by atoms with Gasteiger partial charge in [0.2, 0.25) is 0 Å². The lowest BCUT2D eigenvalue weighted by Gasteiger charge is -2.36. The quantitative estimate of drug-likeness (QED) is 0.507. The van der Waals surface area contributed by atoms with E-state index in [2.05, 4.69) is 40.6 Å². The second-order valence-corrected chi connectivity index (χ2v) is 8.08. The van der Waals surface area contributed by atoms with Crippen LogP contribution >= 0.6 is 0 Å². The molecule has 2 atom stereocenters. The minimum atomic E-state index is -0.921. The summed E-state index contributed by atoms with van der Waals surface area (Å²) in [6.45, 7) is 1.17. The summed E-state index contributed by atoms with van der Waals surface area (Å²) in [6, 6.07) is 24.3. The predicted octanol–water partition coefficient (Wildman–Crippen LogP) is 4.47. The third-order valence-electron chi connectivity index (χ3n) is 6.02. The number of hydrogen-bond donors (Lipinski definition) is 1. The molecule has 2 heterocycles. The molecule has 0 aliphatic carbocycles. The van der Waals surface area contributed by atoms with Gasteiger partial charge in [-0.25, -0.2) is 9.48 Å². The summed E-state index contributed by atoms with van der Waals surface area (Å²) in [5, 5.41) is 20.5. The Hall–Kier alpha value is -3.71. The van der Waals surface area contributed by atoms with Crippen LogP contribution in [0.5, 0.6) is 0 Å². The van der Waals surface area contributed by atoms with E-state index in [1.807, 2.05) is 48.7 Å². The van der Waals surface area contributed by atoms with Crippen LogP contribution in [0.2, 0.25) is 0 Å². The topological polar surface area (TPSA) is 80.5 Å². The second kappa shape index (κ2) is 8.80. The van der Waals surface area contributed by atoms with Crippen molar-refractivity contribution >= 4 is 16.9 Å². The Kier molecular flexibility index (Phi) is 5.56. The third kappa shape index (κ3) is 4.20.